The fourth-order valence-corrected chi connectivity index (χ4v) is 4.34. The fraction of sp³-hybridized carbons (Fsp3) is 0.143. The van der Waals surface area contributed by atoms with Crippen molar-refractivity contribution in [1.82, 2.24) is 14.9 Å². The molecule has 1 amide bonds. The smallest absolute Gasteiger partial charge is 0.383 e. The molecule has 0 bridgehead atoms. The van der Waals surface area contributed by atoms with Gasteiger partial charge < -0.3 is 20.1 Å². The standard InChI is InChI=1S/C21H16BF2N5O2/c1-26-9-14-12(4-6-28-19(14)25)11-7-16-15(17(23)8-11)10-29-20(30)13-3-2-5-27-18(13)21(29,31)22(16)24/h2-9,31H,10H2,1H3,(H2,25,28). The second-order valence-corrected chi connectivity index (χ2v) is 7.45. The second-order valence-electron chi connectivity index (χ2n) is 7.45. The normalized spacial score (nSPS) is 19.5. The van der Waals surface area contributed by atoms with Crippen LogP contribution in [0.2, 0.25) is 0 Å². The highest BCUT2D eigenvalue weighted by Crippen LogP contribution is 2.42. The first-order valence-electron chi connectivity index (χ1n) is 9.51. The Balaban J connectivity index is 1.71. The molecule has 4 heterocycles. The number of nitrogen functional groups attached to an aromatic ring is 1. The zero-order valence-electron chi connectivity index (χ0n) is 16.4. The van der Waals surface area contributed by atoms with Crippen molar-refractivity contribution in [1.29, 1.82) is 0 Å². The van der Waals surface area contributed by atoms with Crippen molar-refractivity contribution in [3.63, 3.8) is 0 Å². The van der Waals surface area contributed by atoms with Gasteiger partial charge in [-0.05, 0) is 40.9 Å². The highest BCUT2D eigenvalue weighted by atomic mass is 19.1. The lowest BCUT2D eigenvalue weighted by Crippen LogP contribution is -2.62. The minimum atomic E-state index is -2.31. The maximum atomic E-state index is 15.9. The number of carbonyl (C=O) groups is 1. The highest BCUT2D eigenvalue weighted by molar-refractivity contribution is 6.70. The molecule has 2 aliphatic heterocycles. The van der Waals surface area contributed by atoms with Crippen LogP contribution in [0.3, 0.4) is 0 Å². The summed E-state index contributed by atoms with van der Waals surface area (Å²) in [5, 5.41) is 11.3. The molecule has 31 heavy (non-hydrogen) atoms. The Bertz CT molecular complexity index is 1280. The van der Waals surface area contributed by atoms with Crippen LogP contribution in [0, 0.1) is 5.82 Å². The number of hydrogen-bond acceptors (Lipinski definition) is 6. The van der Waals surface area contributed by atoms with Gasteiger partial charge >= 0.3 is 6.99 Å². The van der Waals surface area contributed by atoms with Crippen molar-refractivity contribution in [2.24, 2.45) is 4.99 Å². The van der Waals surface area contributed by atoms with Crippen LogP contribution in [0.4, 0.5) is 14.5 Å². The molecule has 1 aromatic carbocycles. The molecule has 2 aliphatic rings. The van der Waals surface area contributed by atoms with Crippen LogP contribution in [-0.4, -0.2) is 46.1 Å². The van der Waals surface area contributed by atoms with Crippen molar-refractivity contribution >= 4 is 30.4 Å². The van der Waals surface area contributed by atoms with E-state index in [9.17, 15) is 9.90 Å². The summed E-state index contributed by atoms with van der Waals surface area (Å²) >= 11 is 0. The van der Waals surface area contributed by atoms with Crippen LogP contribution < -0.4 is 11.2 Å². The Morgan fingerprint density at radius 3 is 2.87 bits per heavy atom. The second kappa shape index (κ2) is 6.68. The summed E-state index contributed by atoms with van der Waals surface area (Å²) in [5.74, 6) is -1.09. The number of rotatable bonds is 2. The van der Waals surface area contributed by atoms with E-state index in [0.717, 1.165) is 4.90 Å². The summed E-state index contributed by atoms with van der Waals surface area (Å²) in [6.45, 7) is -2.39. The maximum absolute atomic E-state index is 15.9. The van der Waals surface area contributed by atoms with Gasteiger partial charge in [0.05, 0.1) is 12.1 Å². The van der Waals surface area contributed by atoms with E-state index in [0.29, 0.717) is 16.7 Å². The Kier molecular flexibility index (Phi) is 4.16. The number of pyridine rings is 2. The van der Waals surface area contributed by atoms with Crippen molar-refractivity contribution in [2.75, 3.05) is 12.8 Å². The van der Waals surface area contributed by atoms with Gasteiger partial charge in [-0.1, -0.05) is 6.07 Å². The minimum absolute atomic E-state index is 0.00909. The first kappa shape index (κ1) is 19.3. The summed E-state index contributed by atoms with van der Waals surface area (Å²) in [7, 11) is 1.56. The van der Waals surface area contributed by atoms with Gasteiger partial charge in [-0.3, -0.25) is 14.8 Å². The summed E-state index contributed by atoms with van der Waals surface area (Å²) < 4.78 is 31.0. The molecule has 7 nitrogen and oxygen atoms in total. The SMILES string of the molecule is CN=Cc1c(-c2cc(F)c3c(c2)B(F)C2(O)c4ncccc4C(=O)N2C3)ccnc1N. The number of fused-ring (bicyclic) bond motifs is 4. The summed E-state index contributed by atoms with van der Waals surface area (Å²) in [5.41, 5.74) is 4.97. The van der Waals surface area contributed by atoms with E-state index >= 15 is 8.71 Å². The first-order chi connectivity index (χ1) is 14.9. The van der Waals surface area contributed by atoms with Gasteiger partial charge in [-0.25, -0.2) is 9.37 Å². The predicted molar refractivity (Wildman–Crippen MR) is 112 cm³/mol. The van der Waals surface area contributed by atoms with Crippen molar-refractivity contribution in [2.45, 2.75) is 12.2 Å². The zero-order chi connectivity index (χ0) is 21.9. The summed E-state index contributed by atoms with van der Waals surface area (Å²) in [6.07, 6.45) is 4.34. The zero-order valence-corrected chi connectivity index (χ0v) is 16.4. The number of halogens is 2. The lowest BCUT2D eigenvalue weighted by Gasteiger charge is -2.39. The van der Waals surface area contributed by atoms with Crippen molar-refractivity contribution < 1.29 is 18.6 Å². The van der Waals surface area contributed by atoms with E-state index in [2.05, 4.69) is 15.0 Å². The Hall–Kier alpha value is -3.66. The molecule has 5 rings (SSSR count). The number of nitrogens with zero attached hydrogens (tertiary/aromatic N) is 4. The Labute approximate surface area is 176 Å². The third kappa shape index (κ3) is 2.54. The molecule has 0 radical (unpaired) electrons. The maximum Gasteiger partial charge on any atom is 0.444 e. The van der Waals surface area contributed by atoms with Gasteiger partial charge in [0, 0.05) is 36.8 Å². The van der Waals surface area contributed by atoms with Crippen LogP contribution in [0.25, 0.3) is 11.1 Å². The number of aromatic nitrogens is 2. The molecule has 0 fully saturated rings. The minimum Gasteiger partial charge on any atom is -0.383 e. The van der Waals surface area contributed by atoms with Crippen LogP contribution >= 0.6 is 0 Å². The molecule has 2 aromatic heterocycles. The van der Waals surface area contributed by atoms with Gasteiger partial charge in [0.2, 0.25) is 0 Å². The molecule has 3 N–H and O–H groups in total. The van der Waals surface area contributed by atoms with E-state index in [1.165, 1.54) is 42.9 Å². The number of nitrogens with two attached hydrogens (primary N) is 1. The first-order valence-corrected chi connectivity index (χ1v) is 9.51. The molecule has 10 heteroatoms. The van der Waals surface area contributed by atoms with Gasteiger partial charge in [-0.15, -0.1) is 0 Å². The van der Waals surface area contributed by atoms with Crippen LogP contribution in [0.15, 0.2) is 47.7 Å². The van der Waals surface area contributed by atoms with E-state index < -0.39 is 24.3 Å². The van der Waals surface area contributed by atoms with Gasteiger partial charge in [0.25, 0.3) is 5.91 Å². The number of hydrogen-bond donors (Lipinski definition) is 2. The van der Waals surface area contributed by atoms with Gasteiger partial charge in [-0.2, -0.15) is 0 Å². The largest absolute Gasteiger partial charge is 0.444 e. The topological polar surface area (TPSA) is 105 Å². The molecule has 0 spiro atoms. The van der Waals surface area contributed by atoms with Crippen LogP contribution in [0.5, 0.6) is 0 Å². The molecule has 1 unspecified atom stereocenters. The number of amides is 1. The third-order valence-corrected chi connectivity index (χ3v) is 5.81. The number of benzene rings is 1. The average Bonchev–Trinajstić information content (AvgIpc) is 2.99. The molecule has 0 saturated carbocycles. The fourth-order valence-electron chi connectivity index (χ4n) is 4.34. The summed E-state index contributed by atoms with van der Waals surface area (Å²) in [6, 6.07) is 7.34. The number of aliphatic imine (C=N–C) groups is 1. The molecule has 154 valence electrons. The Morgan fingerprint density at radius 1 is 1.29 bits per heavy atom. The summed E-state index contributed by atoms with van der Waals surface area (Å²) in [4.78, 5) is 25.7. The van der Waals surface area contributed by atoms with E-state index in [1.807, 2.05) is 0 Å². The predicted octanol–water partition coefficient (Wildman–Crippen LogP) is 1.44. The molecular formula is C21H16BF2N5O2. The van der Waals surface area contributed by atoms with Crippen molar-refractivity contribution in [3.8, 4) is 11.1 Å². The Morgan fingerprint density at radius 2 is 2.10 bits per heavy atom. The molecule has 0 saturated heterocycles. The lowest BCUT2D eigenvalue weighted by atomic mass is 9.50. The van der Waals surface area contributed by atoms with E-state index in [4.69, 9.17) is 5.73 Å². The van der Waals surface area contributed by atoms with Crippen LogP contribution in [-0.2, 0) is 12.2 Å². The number of aliphatic hydroxyl groups is 1. The number of anilines is 1. The highest BCUT2D eigenvalue weighted by Gasteiger charge is 2.62. The van der Waals surface area contributed by atoms with Gasteiger partial charge in [0.15, 0.2) is 5.62 Å². The van der Waals surface area contributed by atoms with Crippen molar-refractivity contribution in [3.05, 3.63) is 70.9 Å². The third-order valence-electron chi connectivity index (χ3n) is 5.81. The molecule has 1 atom stereocenters. The van der Waals surface area contributed by atoms with E-state index in [1.54, 1.807) is 13.1 Å². The molecular weight excluding hydrogens is 403 g/mol. The molecule has 0 aliphatic carbocycles. The quantitative estimate of drug-likeness (QED) is 0.483. The molecule has 3 aromatic rings. The van der Waals surface area contributed by atoms with E-state index in [-0.39, 0.29) is 34.6 Å². The lowest BCUT2D eigenvalue weighted by molar-refractivity contribution is -0.0352. The monoisotopic (exact) mass is 419 g/mol. The van der Waals surface area contributed by atoms with Crippen LogP contribution in [0.1, 0.15) is 27.2 Å². The van der Waals surface area contributed by atoms with Gasteiger partial charge in [0.1, 0.15) is 17.3 Å². The number of carbonyl (C=O) groups excluding carboxylic acids is 1. The average molecular weight is 419 g/mol.